The molecule has 0 aliphatic heterocycles. The highest BCUT2D eigenvalue weighted by molar-refractivity contribution is 6.06. The predicted octanol–water partition coefficient (Wildman–Crippen LogP) is 5.47. The number of benzene rings is 3. The van der Waals surface area contributed by atoms with E-state index >= 15 is 0 Å². The number of ketones is 1. The first-order valence-corrected chi connectivity index (χ1v) is 8.28. The fraction of sp³-hybridized carbons (Fsp3) is 0.0870. The van der Waals surface area contributed by atoms with E-state index < -0.39 is 0 Å². The van der Waals surface area contributed by atoms with E-state index in [1.807, 2.05) is 72.8 Å². The highest BCUT2D eigenvalue weighted by atomic mass is 16.5. The lowest BCUT2D eigenvalue weighted by atomic mass is 10.1. The van der Waals surface area contributed by atoms with Gasteiger partial charge in [0.15, 0.2) is 5.78 Å². The van der Waals surface area contributed by atoms with Crippen LogP contribution in [-0.4, -0.2) is 5.78 Å². The number of ether oxygens (including phenoxy) is 1. The molecule has 2 nitrogen and oxygen atoms in total. The normalized spacial score (nSPS) is 10.8. The molecule has 0 atom stereocenters. The Kier molecular flexibility index (Phi) is 5.43. The van der Waals surface area contributed by atoms with Crippen LogP contribution in [0.3, 0.4) is 0 Å². The zero-order valence-electron chi connectivity index (χ0n) is 14.2. The third-order valence-corrected chi connectivity index (χ3v) is 4.04. The van der Waals surface area contributed by atoms with Crippen LogP contribution in [0.4, 0.5) is 0 Å². The molecular formula is C23H20O2. The second-order valence-corrected chi connectivity index (χ2v) is 5.82. The summed E-state index contributed by atoms with van der Waals surface area (Å²) in [6.45, 7) is 2.58. The molecule has 0 bridgehead atoms. The van der Waals surface area contributed by atoms with Crippen LogP contribution >= 0.6 is 0 Å². The zero-order chi connectivity index (χ0) is 17.5. The van der Waals surface area contributed by atoms with Gasteiger partial charge in [-0.15, -0.1) is 0 Å². The number of aryl methyl sites for hydroxylation is 1. The summed E-state index contributed by atoms with van der Waals surface area (Å²) >= 11 is 0. The molecule has 3 aromatic carbocycles. The van der Waals surface area contributed by atoms with Crippen molar-refractivity contribution < 1.29 is 9.53 Å². The molecule has 0 fully saturated rings. The van der Waals surface area contributed by atoms with Crippen LogP contribution < -0.4 is 4.74 Å². The summed E-state index contributed by atoms with van der Waals surface area (Å²) in [7, 11) is 0. The molecule has 0 N–H and O–H groups in total. The van der Waals surface area contributed by atoms with E-state index in [1.54, 1.807) is 6.08 Å². The van der Waals surface area contributed by atoms with Crippen LogP contribution in [0, 0.1) is 6.92 Å². The molecule has 0 saturated carbocycles. The third-order valence-electron chi connectivity index (χ3n) is 4.04. The van der Waals surface area contributed by atoms with E-state index in [0.29, 0.717) is 12.2 Å². The fourth-order valence-electron chi connectivity index (χ4n) is 2.54. The van der Waals surface area contributed by atoms with Crippen molar-refractivity contribution >= 4 is 11.9 Å². The van der Waals surface area contributed by atoms with E-state index in [-0.39, 0.29) is 5.78 Å². The van der Waals surface area contributed by atoms with Gasteiger partial charge in [0.05, 0.1) is 0 Å². The summed E-state index contributed by atoms with van der Waals surface area (Å²) in [6.07, 6.45) is 3.40. The summed E-state index contributed by atoms with van der Waals surface area (Å²) in [6, 6.07) is 25.1. The molecule has 25 heavy (non-hydrogen) atoms. The number of hydrogen-bond acceptors (Lipinski definition) is 2. The van der Waals surface area contributed by atoms with Crippen LogP contribution in [-0.2, 0) is 6.61 Å². The monoisotopic (exact) mass is 328 g/mol. The molecule has 0 aromatic heterocycles. The number of hydrogen-bond donors (Lipinski definition) is 0. The summed E-state index contributed by atoms with van der Waals surface area (Å²) in [4.78, 5) is 12.2. The van der Waals surface area contributed by atoms with Gasteiger partial charge in [-0.25, -0.2) is 0 Å². The van der Waals surface area contributed by atoms with Crippen LogP contribution in [0.5, 0.6) is 5.75 Å². The first-order chi connectivity index (χ1) is 12.2. The first kappa shape index (κ1) is 16.7. The summed E-state index contributed by atoms with van der Waals surface area (Å²) in [5.41, 5.74) is 3.92. The molecule has 0 amide bonds. The molecule has 0 unspecified atom stereocenters. The lowest BCUT2D eigenvalue weighted by Gasteiger charge is -2.11. The van der Waals surface area contributed by atoms with Gasteiger partial charge >= 0.3 is 0 Å². The van der Waals surface area contributed by atoms with Crippen molar-refractivity contribution in [3.8, 4) is 5.75 Å². The summed E-state index contributed by atoms with van der Waals surface area (Å²) < 4.78 is 5.98. The average molecular weight is 328 g/mol. The maximum Gasteiger partial charge on any atom is 0.185 e. The lowest BCUT2D eigenvalue weighted by Crippen LogP contribution is -1.99. The SMILES string of the molecule is Cc1ccccc1COc1ccccc1/C=C/C(=O)c1ccccc1. The third kappa shape index (κ3) is 4.45. The molecule has 0 radical (unpaired) electrons. The number of carbonyl (C=O) groups excluding carboxylic acids is 1. The Labute approximate surface area is 148 Å². The lowest BCUT2D eigenvalue weighted by molar-refractivity contribution is 0.104. The molecule has 0 aliphatic rings. The van der Waals surface area contributed by atoms with Crippen molar-refractivity contribution in [2.75, 3.05) is 0 Å². The molecule has 0 aliphatic carbocycles. The van der Waals surface area contributed by atoms with Crippen LogP contribution in [0.15, 0.2) is 84.9 Å². The number of allylic oxidation sites excluding steroid dienone is 1. The zero-order valence-corrected chi connectivity index (χ0v) is 14.2. The highest BCUT2D eigenvalue weighted by Gasteiger charge is 2.04. The van der Waals surface area contributed by atoms with Crippen LogP contribution in [0.2, 0.25) is 0 Å². The highest BCUT2D eigenvalue weighted by Crippen LogP contribution is 2.22. The second kappa shape index (κ2) is 8.11. The Morgan fingerprint density at radius 3 is 2.36 bits per heavy atom. The minimum Gasteiger partial charge on any atom is -0.488 e. The minimum atomic E-state index is -0.0192. The Bertz CT molecular complexity index is 879. The Morgan fingerprint density at radius 2 is 1.56 bits per heavy atom. The Morgan fingerprint density at radius 1 is 0.880 bits per heavy atom. The molecule has 124 valence electrons. The van der Waals surface area contributed by atoms with E-state index in [4.69, 9.17) is 4.74 Å². The molecule has 0 saturated heterocycles. The Hall–Kier alpha value is -3.13. The quantitative estimate of drug-likeness (QED) is 0.443. The van der Waals surface area contributed by atoms with Gasteiger partial charge in [-0.05, 0) is 36.3 Å². The van der Waals surface area contributed by atoms with Gasteiger partial charge in [-0.2, -0.15) is 0 Å². The van der Waals surface area contributed by atoms with Gasteiger partial charge in [0.1, 0.15) is 12.4 Å². The van der Waals surface area contributed by atoms with Crippen LogP contribution in [0.1, 0.15) is 27.0 Å². The fourth-order valence-corrected chi connectivity index (χ4v) is 2.54. The van der Waals surface area contributed by atoms with Crippen molar-refractivity contribution in [1.29, 1.82) is 0 Å². The number of carbonyl (C=O) groups is 1. The molecule has 0 spiro atoms. The van der Waals surface area contributed by atoms with Crippen molar-refractivity contribution in [3.63, 3.8) is 0 Å². The maximum absolute atomic E-state index is 12.2. The summed E-state index contributed by atoms with van der Waals surface area (Å²) in [5.74, 6) is 0.747. The summed E-state index contributed by atoms with van der Waals surface area (Å²) in [5, 5.41) is 0. The van der Waals surface area contributed by atoms with E-state index in [1.165, 1.54) is 5.56 Å². The second-order valence-electron chi connectivity index (χ2n) is 5.82. The van der Waals surface area contributed by atoms with Gasteiger partial charge in [-0.3, -0.25) is 4.79 Å². The van der Waals surface area contributed by atoms with Gasteiger partial charge in [-0.1, -0.05) is 72.8 Å². The smallest absolute Gasteiger partial charge is 0.185 e. The van der Waals surface area contributed by atoms with Gasteiger partial charge in [0.2, 0.25) is 0 Å². The van der Waals surface area contributed by atoms with Crippen molar-refractivity contribution in [1.82, 2.24) is 0 Å². The predicted molar refractivity (Wildman–Crippen MR) is 102 cm³/mol. The van der Waals surface area contributed by atoms with Crippen molar-refractivity contribution in [3.05, 3.63) is 107 Å². The van der Waals surface area contributed by atoms with Crippen LogP contribution in [0.25, 0.3) is 6.08 Å². The van der Waals surface area contributed by atoms with E-state index in [0.717, 1.165) is 16.9 Å². The Balaban J connectivity index is 1.74. The average Bonchev–Trinajstić information content (AvgIpc) is 2.67. The van der Waals surface area contributed by atoms with Crippen molar-refractivity contribution in [2.45, 2.75) is 13.5 Å². The van der Waals surface area contributed by atoms with E-state index in [2.05, 4.69) is 19.1 Å². The van der Waals surface area contributed by atoms with Gasteiger partial charge in [0, 0.05) is 11.1 Å². The van der Waals surface area contributed by atoms with Crippen molar-refractivity contribution in [2.24, 2.45) is 0 Å². The molecule has 0 heterocycles. The van der Waals surface area contributed by atoms with E-state index in [9.17, 15) is 4.79 Å². The topological polar surface area (TPSA) is 26.3 Å². The molecular weight excluding hydrogens is 308 g/mol. The number of rotatable bonds is 6. The van der Waals surface area contributed by atoms with Gasteiger partial charge in [0.25, 0.3) is 0 Å². The molecule has 2 heteroatoms. The minimum absolute atomic E-state index is 0.0192. The first-order valence-electron chi connectivity index (χ1n) is 8.28. The van der Waals surface area contributed by atoms with Gasteiger partial charge < -0.3 is 4.74 Å². The maximum atomic E-state index is 12.2. The largest absolute Gasteiger partial charge is 0.488 e. The molecule has 3 rings (SSSR count). The number of para-hydroxylation sites is 1. The standard InChI is InChI=1S/C23H20O2/c1-18-9-5-6-13-21(18)17-25-23-14-8-7-12-20(23)15-16-22(24)19-10-3-2-4-11-19/h2-16H,17H2,1H3/b16-15+. The molecule has 3 aromatic rings.